The standard InChI is InChI=1S/C23H23N3O2/c1-26-13-5-6-18-14-17(10-11-21(18)26)15-25-23(27)20-8-2-3-9-22(20)28-19-7-4-12-24-16-19/h2-4,7-12,14,16H,5-6,13,15H2,1H3,(H,25,27). The number of pyridine rings is 1. The third-order valence-corrected chi connectivity index (χ3v) is 4.94. The van der Waals surface area contributed by atoms with Crippen molar-refractivity contribution in [3.63, 3.8) is 0 Å². The molecule has 1 amide bonds. The van der Waals surface area contributed by atoms with Crippen molar-refractivity contribution in [1.29, 1.82) is 0 Å². The predicted octanol–water partition coefficient (Wildman–Crippen LogP) is 4.19. The normalized spacial score (nSPS) is 13.0. The number of benzene rings is 2. The molecule has 0 bridgehead atoms. The summed E-state index contributed by atoms with van der Waals surface area (Å²) < 4.78 is 5.84. The van der Waals surface area contributed by atoms with Crippen LogP contribution in [-0.2, 0) is 13.0 Å². The Bertz CT molecular complexity index is 973. The van der Waals surface area contributed by atoms with E-state index in [1.165, 1.54) is 17.7 Å². The van der Waals surface area contributed by atoms with Gasteiger partial charge in [0.2, 0.25) is 0 Å². The molecule has 0 saturated heterocycles. The van der Waals surface area contributed by atoms with Crippen LogP contribution in [0.3, 0.4) is 0 Å². The number of amides is 1. The summed E-state index contributed by atoms with van der Waals surface area (Å²) in [5.74, 6) is 0.955. The van der Waals surface area contributed by atoms with E-state index in [9.17, 15) is 4.79 Å². The van der Waals surface area contributed by atoms with Crippen molar-refractivity contribution >= 4 is 11.6 Å². The minimum absolute atomic E-state index is 0.158. The lowest BCUT2D eigenvalue weighted by atomic mass is 9.99. The minimum Gasteiger partial charge on any atom is -0.455 e. The maximum absolute atomic E-state index is 12.8. The van der Waals surface area contributed by atoms with Crippen molar-refractivity contribution in [2.24, 2.45) is 0 Å². The average molecular weight is 373 g/mol. The molecule has 3 aromatic rings. The lowest BCUT2D eigenvalue weighted by Crippen LogP contribution is -2.26. The largest absolute Gasteiger partial charge is 0.455 e. The fraction of sp³-hybridized carbons (Fsp3) is 0.217. The maximum atomic E-state index is 12.8. The molecule has 0 fully saturated rings. The van der Waals surface area contributed by atoms with Crippen LogP contribution in [0, 0.1) is 0 Å². The van der Waals surface area contributed by atoms with Gasteiger partial charge in [-0.15, -0.1) is 0 Å². The monoisotopic (exact) mass is 373 g/mol. The summed E-state index contributed by atoms with van der Waals surface area (Å²) in [5, 5.41) is 3.01. The van der Waals surface area contributed by atoms with E-state index >= 15 is 0 Å². The van der Waals surface area contributed by atoms with E-state index < -0.39 is 0 Å². The van der Waals surface area contributed by atoms with E-state index in [-0.39, 0.29) is 5.91 Å². The van der Waals surface area contributed by atoms with Crippen LogP contribution in [0.15, 0.2) is 67.0 Å². The van der Waals surface area contributed by atoms with Gasteiger partial charge in [0.25, 0.3) is 5.91 Å². The number of rotatable bonds is 5. The van der Waals surface area contributed by atoms with Gasteiger partial charge < -0.3 is 15.0 Å². The molecular weight excluding hydrogens is 350 g/mol. The Morgan fingerprint density at radius 1 is 1.18 bits per heavy atom. The second-order valence-corrected chi connectivity index (χ2v) is 6.96. The van der Waals surface area contributed by atoms with Crippen LogP contribution in [0.2, 0.25) is 0 Å². The van der Waals surface area contributed by atoms with Crippen LogP contribution in [0.25, 0.3) is 0 Å². The number of carbonyl (C=O) groups excluding carboxylic acids is 1. The van der Waals surface area contributed by atoms with Crippen molar-refractivity contribution in [3.8, 4) is 11.5 Å². The number of aryl methyl sites for hydroxylation is 1. The van der Waals surface area contributed by atoms with Crippen molar-refractivity contribution in [3.05, 3.63) is 83.7 Å². The Morgan fingerprint density at radius 3 is 2.93 bits per heavy atom. The van der Waals surface area contributed by atoms with Gasteiger partial charge in [-0.2, -0.15) is 0 Å². The summed E-state index contributed by atoms with van der Waals surface area (Å²) in [6.45, 7) is 1.58. The SMILES string of the molecule is CN1CCCc2cc(CNC(=O)c3ccccc3Oc3cccnc3)ccc21. The predicted molar refractivity (Wildman–Crippen MR) is 110 cm³/mol. The number of para-hydroxylation sites is 1. The molecule has 2 aromatic carbocycles. The van der Waals surface area contributed by atoms with Crippen molar-refractivity contribution in [1.82, 2.24) is 10.3 Å². The van der Waals surface area contributed by atoms with E-state index in [0.29, 0.717) is 23.6 Å². The van der Waals surface area contributed by atoms with E-state index in [4.69, 9.17) is 4.74 Å². The quantitative estimate of drug-likeness (QED) is 0.729. The molecule has 1 aliphatic rings. The zero-order valence-corrected chi connectivity index (χ0v) is 15.9. The summed E-state index contributed by atoms with van der Waals surface area (Å²) in [6, 6.07) is 17.3. The van der Waals surface area contributed by atoms with Gasteiger partial charge in [0.15, 0.2) is 0 Å². The summed E-state index contributed by atoms with van der Waals surface area (Å²) >= 11 is 0. The molecule has 1 aromatic heterocycles. The first-order valence-corrected chi connectivity index (χ1v) is 9.49. The Hall–Kier alpha value is -3.34. The van der Waals surface area contributed by atoms with Gasteiger partial charge in [0.05, 0.1) is 11.8 Å². The van der Waals surface area contributed by atoms with Gasteiger partial charge in [-0.3, -0.25) is 9.78 Å². The topological polar surface area (TPSA) is 54.5 Å². The lowest BCUT2D eigenvalue weighted by molar-refractivity contribution is 0.0948. The number of aromatic nitrogens is 1. The molecule has 5 nitrogen and oxygen atoms in total. The molecule has 28 heavy (non-hydrogen) atoms. The smallest absolute Gasteiger partial charge is 0.255 e. The molecule has 1 aliphatic heterocycles. The lowest BCUT2D eigenvalue weighted by Gasteiger charge is -2.27. The first-order chi connectivity index (χ1) is 13.7. The Labute approximate surface area is 165 Å². The maximum Gasteiger partial charge on any atom is 0.255 e. The first-order valence-electron chi connectivity index (χ1n) is 9.49. The van der Waals surface area contributed by atoms with E-state index in [1.807, 2.05) is 18.2 Å². The molecule has 0 spiro atoms. The molecule has 4 rings (SSSR count). The van der Waals surface area contributed by atoms with Crippen molar-refractivity contribution in [2.45, 2.75) is 19.4 Å². The Kier molecular flexibility index (Phi) is 5.24. The number of nitrogens with zero attached hydrogens (tertiary/aromatic N) is 2. The van der Waals surface area contributed by atoms with Crippen LogP contribution in [0.5, 0.6) is 11.5 Å². The van der Waals surface area contributed by atoms with Gasteiger partial charge >= 0.3 is 0 Å². The highest BCUT2D eigenvalue weighted by Gasteiger charge is 2.15. The second kappa shape index (κ2) is 8.13. The molecule has 0 radical (unpaired) electrons. The van der Waals surface area contributed by atoms with Crippen LogP contribution >= 0.6 is 0 Å². The summed E-state index contributed by atoms with van der Waals surface area (Å²) in [7, 11) is 2.12. The summed E-state index contributed by atoms with van der Waals surface area (Å²) in [5.41, 5.74) is 4.24. The molecule has 0 unspecified atom stereocenters. The molecule has 142 valence electrons. The zero-order valence-electron chi connectivity index (χ0n) is 15.9. The van der Waals surface area contributed by atoms with Gasteiger partial charge in [0.1, 0.15) is 11.5 Å². The zero-order chi connectivity index (χ0) is 19.3. The van der Waals surface area contributed by atoms with Crippen LogP contribution in [0.4, 0.5) is 5.69 Å². The van der Waals surface area contributed by atoms with Gasteiger partial charge in [-0.05, 0) is 54.3 Å². The third kappa shape index (κ3) is 3.98. The molecular formula is C23H23N3O2. The molecule has 0 saturated carbocycles. The third-order valence-electron chi connectivity index (χ3n) is 4.94. The molecule has 0 aliphatic carbocycles. The van der Waals surface area contributed by atoms with E-state index in [2.05, 4.69) is 40.4 Å². The number of hydrogen-bond donors (Lipinski definition) is 1. The van der Waals surface area contributed by atoms with Gasteiger partial charge in [-0.25, -0.2) is 0 Å². The second-order valence-electron chi connectivity index (χ2n) is 6.96. The van der Waals surface area contributed by atoms with Crippen LogP contribution in [0.1, 0.15) is 27.9 Å². The molecule has 1 N–H and O–H groups in total. The number of carbonyl (C=O) groups is 1. The highest BCUT2D eigenvalue weighted by atomic mass is 16.5. The Morgan fingerprint density at radius 2 is 2.07 bits per heavy atom. The highest BCUT2D eigenvalue weighted by Crippen LogP contribution is 2.27. The molecule has 5 heteroatoms. The fourth-order valence-electron chi connectivity index (χ4n) is 3.50. The molecule has 2 heterocycles. The van der Waals surface area contributed by atoms with Crippen molar-refractivity contribution < 1.29 is 9.53 Å². The number of anilines is 1. The van der Waals surface area contributed by atoms with Crippen molar-refractivity contribution in [2.75, 3.05) is 18.5 Å². The molecule has 0 atom stereocenters. The number of fused-ring (bicyclic) bond motifs is 1. The van der Waals surface area contributed by atoms with E-state index in [0.717, 1.165) is 18.5 Å². The summed E-state index contributed by atoms with van der Waals surface area (Å²) in [4.78, 5) is 19.1. The van der Waals surface area contributed by atoms with Crippen LogP contribution < -0.4 is 15.0 Å². The fourth-order valence-corrected chi connectivity index (χ4v) is 3.50. The number of hydrogen-bond acceptors (Lipinski definition) is 4. The van der Waals surface area contributed by atoms with Crippen LogP contribution in [-0.4, -0.2) is 24.5 Å². The first kappa shape index (κ1) is 18.0. The highest BCUT2D eigenvalue weighted by molar-refractivity contribution is 5.97. The van der Waals surface area contributed by atoms with Gasteiger partial charge in [0, 0.05) is 32.0 Å². The number of nitrogens with one attached hydrogen (secondary N) is 1. The van der Waals surface area contributed by atoms with Gasteiger partial charge in [-0.1, -0.05) is 24.3 Å². The van der Waals surface area contributed by atoms with E-state index in [1.54, 1.807) is 30.6 Å². The summed E-state index contributed by atoms with van der Waals surface area (Å²) in [6.07, 6.45) is 5.56. The average Bonchev–Trinajstić information content (AvgIpc) is 2.73. The Balaban J connectivity index is 1.46. The minimum atomic E-state index is -0.158. The number of ether oxygens (including phenoxy) is 1.